The average molecular weight is 309 g/mol. The number of amides is 1. The molecule has 6 heteroatoms. The van der Waals surface area contributed by atoms with Crippen molar-refractivity contribution >= 4 is 5.91 Å². The zero-order valence-electron chi connectivity index (χ0n) is 12.9. The largest absolute Gasteiger partial charge is 0.490 e. The van der Waals surface area contributed by atoms with Crippen molar-refractivity contribution in [2.45, 2.75) is 13.0 Å². The Labute approximate surface area is 130 Å². The van der Waals surface area contributed by atoms with Crippen LogP contribution in [0.5, 0.6) is 5.75 Å². The smallest absolute Gasteiger partial charge is 0.255 e. The molecule has 1 aliphatic heterocycles. The van der Waals surface area contributed by atoms with E-state index >= 15 is 0 Å². The van der Waals surface area contributed by atoms with Crippen LogP contribution in [0.25, 0.3) is 0 Å². The molecule has 0 bridgehead atoms. The Kier molecular flexibility index (Phi) is 7.15. The van der Waals surface area contributed by atoms with Gasteiger partial charge in [-0.05, 0) is 19.1 Å². The van der Waals surface area contributed by atoms with Gasteiger partial charge in [0.05, 0.1) is 38.1 Å². The highest BCUT2D eigenvalue weighted by Crippen LogP contribution is 2.17. The molecule has 1 amide bonds. The SMILES string of the molecule is CCOCCOc1ccccc1C(=O)NCC1COCCO1. The molecule has 122 valence electrons. The second-order valence-corrected chi connectivity index (χ2v) is 4.82. The van der Waals surface area contributed by atoms with Crippen molar-refractivity contribution < 1.29 is 23.7 Å². The summed E-state index contributed by atoms with van der Waals surface area (Å²) in [7, 11) is 0. The summed E-state index contributed by atoms with van der Waals surface area (Å²) in [6.45, 7) is 5.60. The van der Waals surface area contributed by atoms with Crippen molar-refractivity contribution in [2.75, 3.05) is 46.2 Å². The summed E-state index contributed by atoms with van der Waals surface area (Å²) in [5.41, 5.74) is 0.510. The highest BCUT2D eigenvalue weighted by atomic mass is 16.6. The lowest BCUT2D eigenvalue weighted by Gasteiger charge is -2.23. The van der Waals surface area contributed by atoms with E-state index < -0.39 is 0 Å². The lowest BCUT2D eigenvalue weighted by atomic mass is 10.2. The second kappa shape index (κ2) is 9.40. The van der Waals surface area contributed by atoms with Crippen LogP contribution in [0.2, 0.25) is 0 Å². The van der Waals surface area contributed by atoms with Crippen LogP contribution in [0.3, 0.4) is 0 Å². The summed E-state index contributed by atoms with van der Waals surface area (Å²) in [5.74, 6) is 0.377. The average Bonchev–Trinajstić information content (AvgIpc) is 2.58. The fourth-order valence-corrected chi connectivity index (χ4v) is 2.09. The zero-order chi connectivity index (χ0) is 15.6. The molecule has 1 saturated heterocycles. The first-order valence-corrected chi connectivity index (χ1v) is 7.58. The number of benzene rings is 1. The van der Waals surface area contributed by atoms with Gasteiger partial charge in [-0.3, -0.25) is 4.79 Å². The molecule has 0 aromatic heterocycles. The van der Waals surface area contributed by atoms with E-state index in [0.29, 0.717) is 57.5 Å². The molecule has 1 aliphatic rings. The van der Waals surface area contributed by atoms with Gasteiger partial charge in [0.1, 0.15) is 12.4 Å². The Hall–Kier alpha value is -1.63. The fourth-order valence-electron chi connectivity index (χ4n) is 2.09. The number of ether oxygens (including phenoxy) is 4. The molecule has 1 fully saturated rings. The van der Waals surface area contributed by atoms with Gasteiger partial charge in [0, 0.05) is 13.2 Å². The topological polar surface area (TPSA) is 66.0 Å². The summed E-state index contributed by atoms with van der Waals surface area (Å²) >= 11 is 0. The van der Waals surface area contributed by atoms with E-state index in [1.54, 1.807) is 12.1 Å². The van der Waals surface area contributed by atoms with Gasteiger partial charge in [-0.1, -0.05) is 12.1 Å². The van der Waals surface area contributed by atoms with E-state index in [1.807, 2.05) is 19.1 Å². The minimum absolute atomic E-state index is 0.0938. The minimum atomic E-state index is -0.179. The number of rotatable bonds is 8. The Balaban J connectivity index is 1.85. The van der Waals surface area contributed by atoms with Gasteiger partial charge in [0.2, 0.25) is 0 Å². The molecule has 6 nitrogen and oxygen atoms in total. The van der Waals surface area contributed by atoms with Crippen LogP contribution in [-0.2, 0) is 14.2 Å². The lowest BCUT2D eigenvalue weighted by molar-refractivity contribution is -0.0855. The maximum absolute atomic E-state index is 12.3. The van der Waals surface area contributed by atoms with E-state index in [-0.39, 0.29) is 12.0 Å². The van der Waals surface area contributed by atoms with Crippen molar-refractivity contribution in [3.8, 4) is 5.75 Å². The maximum atomic E-state index is 12.3. The normalized spacial score (nSPS) is 18.0. The molecular weight excluding hydrogens is 286 g/mol. The maximum Gasteiger partial charge on any atom is 0.255 e. The van der Waals surface area contributed by atoms with Gasteiger partial charge >= 0.3 is 0 Å². The van der Waals surface area contributed by atoms with E-state index in [1.165, 1.54) is 0 Å². The van der Waals surface area contributed by atoms with Gasteiger partial charge in [-0.25, -0.2) is 0 Å². The number of para-hydroxylation sites is 1. The van der Waals surface area contributed by atoms with Crippen molar-refractivity contribution in [1.29, 1.82) is 0 Å². The molecule has 1 unspecified atom stereocenters. The van der Waals surface area contributed by atoms with E-state index in [9.17, 15) is 4.79 Å². The van der Waals surface area contributed by atoms with Gasteiger partial charge in [-0.15, -0.1) is 0 Å². The van der Waals surface area contributed by atoms with Gasteiger partial charge in [-0.2, -0.15) is 0 Å². The van der Waals surface area contributed by atoms with Crippen LogP contribution in [-0.4, -0.2) is 58.2 Å². The summed E-state index contributed by atoms with van der Waals surface area (Å²) in [6.07, 6.45) is -0.0938. The minimum Gasteiger partial charge on any atom is -0.490 e. The predicted octanol–water partition coefficient (Wildman–Crippen LogP) is 1.25. The van der Waals surface area contributed by atoms with Gasteiger partial charge < -0.3 is 24.3 Å². The van der Waals surface area contributed by atoms with Crippen molar-refractivity contribution in [3.05, 3.63) is 29.8 Å². The first kappa shape index (κ1) is 16.7. The standard InChI is InChI=1S/C16H23NO5/c1-2-19-7-10-22-15-6-4-3-5-14(15)16(18)17-11-13-12-20-8-9-21-13/h3-6,13H,2,7-12H2,1H3,(H,17,18). The molecule has 1 N–H and O–H groups in total. The Bertz CT molecular complexity index is 460. The third-order valence-electron chi connectivity index (χ3n) is 3.20. The van der Waals surface area contributed by atoms with Crippen molar-refractivity contribution in [2.24, 2.45) is 0 Å². The van der Waals surface area contributed by atoms with Gasteiger partial charge in [0.25, 0.3) is 5.91 Å². The first-order chi connectivity index (χ1) is 10.8. The van der Waals surface area contributed by atoms with Crippen molar-refractivity contribution in [3.63, 3.8) is 0 Å². The molecule has 0 radical (unpaired) electrons. The van der Waals surface area contributed by atoms with Crippen LogP contribution < -0.4 is 10.1 Å². The fraction of sp³-hybridized carbons (Fsp3) is 0.562. The quantitative estimate of drug-likeness (QED) is 0.732. The van der Waals surface area contributed by atoms with Crippen LogP contribution in [0.1, 0.15) is 17.3 Å². The number of hydrogen-bond donors (Lipinski definition) is 1. The molecule has 1 aromatic carbocycles. The Morgan fingerprint density at radius 2 is 2.18 bits per heavy atom. The number of carbonyl (C=O) groups is 1. The Morgan fingerprint density at radius 1 is 1.32 bits per heavy atom. The highest BCUT2D eigenvalue weighted by Gasteiger charge is 2.17. The first-order valence-electron chi connectivity index (χ1n) is 7.58. The van der Waals surface area contributed by atoms with E-state index in [0.717, 1.165) is 0 Å². The van der Waals surface area contributed by atoms with E-state index in [2.05, 4.69) is 5.32 Å². The molecule has 0 aliphatic carbocycles. The number of carbonyl (C=O) groups excluding carboxylic acids is 1. The number of nitrogens with one attached hydrogen (secondary N) is 1. The third-order valence-corrected chi connectivity index (χ3v) is 3.20. The summed E-state index contributed by atoms with van der Waals surface area (Å²) in [5, 5.41) is 2.86. The van der Waals surface area contributed by atoms with E-state index in [4.69, 9.17) is 18.9 Å². The summed E-state index contributed by atoms with van der Waals surface area (Å²) < 4.78 is 21.6. The third kappa shape index (κ3) is 5.29. The zero-order valence-corrected chi connectivity index (χ0v) is 12.9. The molecule has 22 heavy (non-hydrogen) atoms. The Morgan fingerprint density at radius 3 is 2.95 bits per heavy atom. The predicted molar refractivity (Wildman–Crippen MR) is 81.3 cm³/mol. The highest BCUT2D eigenvalue weighted by molar-refractivity contribution is 5.96. The van der Waals surface area contributed by atoms with Crippen LogP contribution in [0.4, 0.5) is 0 Å². The van der Waals surface area contributed by atoms with Gasteiger partial charge in [0.15, 0.2) is 0 Å². The van der Waals surface area contributed by atoms with Crippen molar-refractivity contribution in [1.82, 2.24) is 5.32 Å². The molecule has 0 spiro atoms. The molecule has 0 saturated carbocycles. The molecule has 1 heterocycles. The number of hydrogen-bond acceptors (Lipinski definition) is 5. The summed E-state index contributed by atoms with van der Waals surface area (Å²) in [4.78, 5) is 12.3. The molecule has 1 aromatic rings. The lowest BCUT2D eigenvalue weighted by Crippen LogP contribution is -2.39. The van der Waals surface area contributed by atoms with Crippen LogP contribution in [0.15, 0.2) is 24.3 Å². The molecular formula is C16H23NO5. The van der Waals surface area contributed by atoms with Crippen LogP contribution >= 0.6 is 0 Å². The monoisotopic (exact) mass is 309 g/mol. The molecule has 2 rings (SSSR count). The van der Waals surface area contributed by atoms with Crippen LogP contribution in [0, 0.1) is 0 Å². The summed E-state index contributed by atoms with van der Waals surface area (Å²) in [6, 6.07) is 7.17. The second-order valence-electron chi connectivity index (χ2n) is 4.82. The molecule has 1 atom stereocenters.